The Morgan fingerprint density at radius 3 is 2.30 bits per heavy atom. The lowest BCUT2D eigenvalue weighted by molar-refractivity contribution is -0.870. The number of amides is 1. The van der Waals surface area contributed by atoms with Crippen LogP contribution in [-0.2, 0) is 6.54 Å². The minimum absolute atomic E-state index is 0.0137. The topological polar surface area (TPSA) is 120 Å². The Morgan fingerprint density at radius 1 is 0.915 bits per heavy atom. The zero-order valence-electron chi connectivity index (χ0n) is 27.3. The van der Waals surface area contributed by atoms with Gasteiger partial charge in [-0.3, -0.25) is 4.79 Å². The van der Waals surface area contributed by atoms with E-state index in [9.17, 15) is 18.0 Å². The van der Waals surface area contributed by atoms with Crippen LogP contribution >= 0.6 is 0 Å². The summed E-state index contributed by atoms with van der Waals surface area (Å²) in [4.78, 5) is 25.6. The van der Waals surface area contributed by atoms with Crippen LogP contribution in [0.15, 0.2) is 42.5 Å². The summed E-state index contributed by atoms with van der Waals surface area (Å²) in [6.45, 7) is 1.19. The zero-order chi connectivity index (χ0) is 33.7. The van der Waals surface area contributed by atoms with Gasteiger partial charge in [-0.15, -0.1) is 0 Å². The molecule has 0 saturated heterocycles. The van der Waals surface area contributed by atoms with Gasteiger partial charge in [0.1, 0.15) is 11.5 Å². The third-order valence-electron chi connectivity index (χ3n) is 7.19. The largest absolute Gasteiger partial charge is 0.494 e. The van der Waals surface area contributed by atoms with Crippen LogP contribution in [0.3, 0.4) is 0 Å². The van der Waals surface area contributed by atoms with Crippen molar-refractivity contribution in [2.24, 2.45) is 0 Å². The molecule has 2 aliphatic heterocycles. The molecule has 3 heterocycles. The minimum Gasteiger partial charge on any atom is -0.494 e. The molecule has 3 N–H and O–H groups in total. The SMILES string of the molecule is C[N+](C)(C)CCCNC(=O)c1ccc2cc1OCCCCCCCCOc1ccc(cc1)CNc1nc(nc(OCC(F)(F)F)n1)N2. The number of rotatable bonds is 7. The van der Waals surface area contributed by atoms with Crippen molar-refractivity contribution in [3.63, 3.8) is 0 Å². The Balaban J connectivity index is 1.57. The van der Waals surface area contributed by atoms with Crippen molar-refractivity contribution in [3.8, 4) is 17.5 Å². The van der Waals surface area contributed by atoms with E-state index in [1.807, 2.05) is 24.3 Å². The maximum Gasteiger partial charge on any atom is 0.422 e. The number of benzene rings is 2. The number of nitrogens with one attached hydrogen (secondary N) is 3. The van der Waals surface area contributed by atoms with E-state index >= 15 is 0 Å². The summed E-state index contributed by atoms with van der Waals surface area (Å²) in [7, 11) is 6.29. The van der Waals surface area contributed by atoms with Gasteiger partial charge in [-0.05, 0) is 42.7 Å². The molecule has 0 atom stereocenters. The van der Waals surface area contributed by atoms with Crippen molar-refractivity contribution in [2.45, 2.75) is 57.7 Å². The summed E-state index contributed by atoms with van der Waals surface area (Å²) < 4.78 is 56.4. The van der Waals surface area contributed by atoms with Crippen molar-refractivity contribution in [1.82, 2.24) is 20.3 Å². The molecule has 2 aliphatic rings. The first-order valence-corrected chi connectivity index (χ1v) is 16.0. The third-order valence-corrected chi connectivity index (χ3v) is 7.19. The molecule has 3 aromatic rings. The van der Waals surface area contributed by atoms with Crippen molar-refractivity contribution in [2.75, 3.05) is 64.7 Å². The number of alkyl halides is 3. The van der Waals surface area contributed by atoms with E-state index in [0.29, 0.717) is 43.3 Å². The van der Waals surface area contributed by atoms with Crippen molar-refractivity contribution in [1.29, 1.82) is 0 Å². The zero-order valence-corrected chi connectivity index (χ0v) is 27.3. The quantitative estimate of drug-likeness (QED) is 0.204. The number of anilines is 3. The van der Waals surface area contributed by atoms with Crippen LogP contribution < -0.4 is 30.2 Å². The molecule has 47 heavy (non-hydrogen) atoms. The second kappa shape index (κ2) is 17.0. The average molecular weight is 661 g/mol. The molecule has 6 bridgehead atoms. The number of hydrogen-bond donors (Lipinski definition) is 3. The number of halogens is 3. The summed E-state index contributed by atoms with van der Waals surface area (Å²) in [6, 6.07) is 12.0. The molecular weight excluding hydrogens is 615 g/mol. The van der Waals surface area contributed by atoms with Crippen LogP contribution in [-0.4, -0.2) is 85.6 Å². The molecule has 1 amide bonds. The normalized spacial score (nSPS) is 14.9. The van der Waals surface area contributed by atoms with Gasteiger partial charge in [0.05, 0.1) is 46.5 Å². The Hall–Kier alpha value is -4.33. The van der Waals surface area contributed by atoms with Crippen molar-refractivity contribution < 1.29 is 36.7 Å². The number of carbonyl (C=O) groups excluding carboxylic acids is 1. The lowest BCUT2D eigenvalue weighted by Gasteiger charge is -2.23. The van der Waals surface area contributed by atoms with Crippen LogP contribution in [0.25, 0.3) is 0 Å². The van der Waals surface area contributed by atoms with E-state index in [4.69, 9.17) is 14.2 Å². The molecule has 0 saturated carbocycles. The first-order chi connectivity index (χ1) is 22.4. The fourth-order valence-corrected chi connectivity index (χ4v) is 4.76. The summed E-state index contributed by atoms with van der Waals surface area (Å²) in [5.74, 6) is 0.844. The van der Waals surface area contributed by atoms with E-state index in [1.165, 1.54) is 0 Å². The van der Waals surface area contributed by atoms with Gasteiger partial charge in [-0.25, -0.2) is 0 Å². The van der Waals surface area contributed by atoms with Gasteiger partial charge in [-0.1, -0.05) is 37.8 Å². The Kier molecular flexibility index (Phi) is 12.9. The van der Waals surface area contributed by atoms with Gasteiger partial charge in [0.25, 0.3) is 5.91 Å². The average Bonchev–Trinajstić information content (AvgIpc) is 3.01. The van der Waals surface area contributed by atoms with Gasteiger partial charge >= 0.3 is 12.2 Å². The van der Waals surface area contributed by atoms with E-state index in [1.54, 1.807) is 18.2 Å². The number of hydrogen-bond acceptors (Lipinski definition) is 9. The Bertz CT molecular complexity index is 1430. The first kappa shape index (κ1) is 35.5. The van der Waals surface area contributed by atoms with E-state index < -0.39 is 18.8 Å². The predicted molar refractivity (Wildman–Crippen MR) is 173 cm³/mol. The number of fused-ring (bicyclic) bond motifs is 12. The highest BCUT2D eigenvalue weighted by atomic mass is 19.4. The summed E-state index contributed by atoms with van der Waals surface area (Å²) in [5.41, 5.74) is 1.73. The van der Waals surface area contributed by atoms with Crippen LogP contribution in [0.2, 0.25) is 0 Å². The Morgan fingerprint density at radius 2 is 1.60 bits per heavy atom. The second-order valence-corrected chi connectivity index (χ2v) is 12.4. The minimum atomic E-state index is -4.58. The Labute approximate surface area is 273 Å². The molecule has 0 spiro atoms. The van der Waals surface area contributed by atoms with Crippen LogP contribution in [0, 0.1) is 0 Å². The van der Waals surface area contributed by atoms with Gasteiger partial charge in [0, 0.05) is 31.3 Å². The second-order valence-electron chi connectivity index (χ2n) is 12.4. The summed E-state index contributed by atoms with van der Waals surface area (Å²) in [6.07, 6.45) is 2.20. The standard InChI is InChI=1S/C33H44F3N7O4/c1-43(2,3)18-10-17-37-29(44)27-16-13-25-21-28(27)46-20-9-7-5-4-6-8-19-45-26-14-11-24(12-15-26)22-38-30-40-31(39-25)42-32(41-30)47-23-33(34,35)36/h11-16,21H,4-10,17-20,22-23H2,1-3H3,(H2-,37,38,39,40,41,42,44)/p+1. The number of aromatic nitrogens is 3. The smallest absolute Gasteiger partial charge is 0.422 e. The maximum atomic E-state index is 13.2. The van der Waals surface area contributed by atoms with Gasteiger partial charge in [0.15, 0.2) is 6.61 Å². The van der Waals surface area contributed by atoms with Gasteiger partial charge in [-0.2, -0.15) is 28.1 Å². The fraction of sp³-hybridized carbons (Fsp3) is 0.515. The number of quaternary nitrogens is 1. The van der Waals surface area contributed by atoms with E-state index in [2.05, 4.69) is 52.0 Å². The molecule has 256 valence electrons. The maximum absolute atomic E-state index is 13.2. The highest BCUT2D eigenvalue weighted by molar-refractivity contribution is 5.97. The van der Waals surface area contributed by atoms with Crippen molar-refractivity contribution >= 4 is 23.5 Å². The molecule has 11 nitrogen and oxygen atoms in total. The molecule has 2 aromatic carbocycles. The van der Waals surface area contributed by atoms with Gasteiger partial charge < -0.3 is 34.6 Å². The lowest BCUT2D eigenvalue weighted by Crippen LogP contribution is -2.37. The van der Waals surface area contributed by atoms with E-state index in [-0.39, 0.29) is 17.8 Å². The monoisotopic (exact) mass is 660 g/mol. The van der Waals surface area contributed by atoms with Crippen molar-refractivity contribution in [3.05, 3.63) is 53.6 Å². The molecule has 5 rings (SSSR count). The van der Waals surface area contributed by atoms with E-state index in [0.717, 1.165) is 67.3 Å². The fourth-order valence-electron chi connectivity index (χ4n) is 4.76. The first-order valence-electron chi connectivity index (χ1n) is 16.0. The van der Waals surface area contributed by atoms with Gasteiger partial charge in [0.2, 0.25) is 11.9 Å². The summed E-state index contributed by atoms with van der Waals surface area (Å²) >= 11 is 0. The molecule has 0 radical (unpaired) electrons. The third kappa shape index (κ3) is 13.1. The molecule has 0 unspecified atom stereocenters. The number of nitrogens with zero attached hydrogens (tertiary/aromatic N) is 4. The molecule has 14 heteroatoms. The molecule has 0 fully saturated rings. The highest BCUT2D eigenvalue weighted by Crippen LogP contribution is 2.27. The molecule has 0 aliphatic carbocycles. The molecular formula is C33H45F3N7O4+. The van der Waals surface area contributed by atoms with Crippen LogP contribution in [0.1, 0.15) is 60.9 Å². The van der Waals surface area contributed by atoms with Crippen LogP contribution in [0.4, 0.5) is 30.8 Å². The highest BCUT2D eigenvalue weighted by Gasteiger charge is 2.29. The number of carbonyl (C=O) groups is 1. The molecule has 1 aromatic heterocycles. The number of ether oxygens (including phenoxy) is 3. The lowest BCUT2D eigenvalue weighted by atomic mass is 10.1. The summed E-state index contributed by atoms with van der Waals surface area (Å²) in [5, 5.41) is 9.00. The van der Waals surface area contributed by atoms with Crippen LogP contribution in [0.5, 0.6) is 17.5 Å². The predicted octanol–water partition coefficient (Wildman–Crippen LogP) is 6.11.